The molecule has 0 atom stereocenters. The van der Waals surface area contributed by atoms with Crippen LogP contribution in [0.1, 0.15) is 5.56 Å². The lowest BCUT2D eigenvalue weighted by molar-refractivity contribution is -0.162. The van der Waals surface area contributed by atoms with Crippen LogP contribution in [0, 0.1) is 12.3 Å². The number of carbonyl (C=O) groups is 1. The molecule has 2 aromatic carbocycles. The maximum Gasteiger partial charge on any atom is 0.315 e. The lowest BCUT2D eigenvalue weighted by Crippen LogP contribution is -2.61. The van der Waals surface area contributed by atoms with E-state index in [9.17, 15) is 9.90 Å². The molecule has 0 aliphatic carbocycles. The van der Waals surface area contributed by atoms with E-state index in [0.717, 1.165) is 5.56 Å². The van der Waals surface area contributed by atoms with Gasteiger partial charge >= 0.3 is 5.97 Å². The second-order valence-corrected chi connectivity index (χ2v) is 6.39. The number of likely N-dealkylation sites (tertiary alicyclic amines) is 1. The molecule has 0 aromatic heterocycles. The van der Waals surface area contributed by atoms with Gasteiger partial charge in [0.15, 0.2) is 0 Å². The summed E-state index contributed by atoms with van der Waals surface area (Å²) in [5.41, 5.74) is 2.78. The van der Waals surface area contributed by atoms with Gasteiger partial charge in [0.1, 0.15) is 17.8 Å². The third-order valence-corrected chi connectivity index (χ3v) is 4.42. The van der Waals surface area contributed by atoms with Crippen molar-refractivity contribution in [3.8, 4) is 16.9 Å². The summed E-state index contributed by atoms with van der Waals surface area (Å²) in [7, 11) is 1.91. The van der Waals surface area contributed by atoms with Crippen molar-refractivity contribution in [2.24, 2.45) is 5.41 Å². The first-order chi connectivity index (χ1) is 11.0. The summed E-state index contributed by atoms with van der Waals surface area (Å²) in [6, 6.07) is 16.1. The number of benzene rings is 2. The van der Waals surface area contributed by atoms with Crippen molar-refractivity contribution >= 4 is 5.97 Å². The SMILES string of the molecule is Cc1ccccc1-c1ccc(OCC2(C(=O)O)CN(C)C2)cc1. The molecule has 0 unspecified atom stereocenters. The topological polar surface area (TPSA) is 49.8 Å². The maximum atomic E-state index is 11.4. The van der Waals surface area contributed by atoms with Gasteiger partial charge in [-0.3, -0.25) is 4.79 Å². The molecule has 0 radical (unpaired) electrons. The summed E-state index contributed by atoms with van der Waals surface area (Å²) in [6.45, 7) is 3.35. The highest BCUT2D eigenvalue weighted by molar-refractivity contribution is 5.77. The van der Waals surface area contributed by atoms with Crippen LogP contribution in [0.15, 0.2) is 48.5 Å². The quantitative estimate of drug-likeness (QED) is 0.922. The van der Waals surface area contributed by atoms with E-state index in [1.165, 1.54) is 11.1 Å². The number of carboxylic acid groups (broad SMARTS) is 1. The third kappa shape index (κ3) is 3.08. The minimum absolute atomic E-state index is 0.205. The Morgan fingerprint density at radius 3 is 2.39 bits per heavy atom. The summed E-state index contributed by atoms with van der Waals surface area (Å²) >= 11 is 0. The Morgan fingerprint density at radius 1 is 1.17 bits per heavy atom. The van der Waals surface area contributed by atoms with E-state index in [0.29, 0.717) is 18.8 Å². The van der Waals surface area contributed by atoms with Crippen LogP contribution >= 0.6 is 0 Å². The molecule has 4 heteroatoms. The standard InChI is InChI=1S/C19H21NO3/c1-14-5-3-4-6-17(14)15-7-9-16(10-8-15)23-13-19(18(21)22)11-20(2)12-19/h3-10H,11-13H2,1-2H3,(H,21,22). The van der Waals surface area contributed by atoms with Crippen LogP contribution in [0.25, 0.3) is 11.1 Å². The molecule has 1 heterocycles. The molecule has 3 rings (SSSR count). The monoisotopic (exact) mass is 311 g/mol. The average Bonchev–Trinajstić information content (AvgIpc) is 2.51. The van der Waals surface area contributed by atoms with Crippen molar-refractivity contribution in [2.45, 2.75) is 6.92 Å². The molecule has 1 saturated heterocycles. The van der Waals surface area contributed by atoms with E-state index in [1.807, 2.05) is 48.3 Å². The van der Waals surface area contributed by atoms with Gasteiger partial charge in [-0.25, -0.2) is 0 Å². The minimum Gasteiger partial charge on any atom is -0.492 e. The zero-order chi connectivity index (χ0) is 16.4. The molecule has 23 heavy (non-hydrogen) atoms. The highest BCUT2D eigenvalue weighted by Crippen LogP contribution is 2.31. The van der Waals surface area contributed by atoms with Gasteiger partial charge in [0.05, 0.1) is 0 Å². The number of hydrogen-bond acceptors (Lipinski definition) is 3. The first kappa shape index (κ1) is 15.6. The van der Waals surface area contributed by atoms with Crippen molar-refractivity contribution in [3.63, 3.8) is 0 Å². The maximum absolute atomic E-state index is 11.4. The molecule has 0 amide bonds. The molecular formula is C19H21NO3. The Hall–Kier alpha value is -2.33. The number of hydrogen-bond donors (Lipinski definition) is 1. The predicted molar refractivity (Wildman–Crippen MR) is 89.7 cm³/mol. The fraction of sp³-hybridized carbons (Fsp3) is 0.316. The number of aliphatic carboxylic acids is 1. The second kappa shape index (κ2) is 6.05. The van der Waals surface area contributed by atoms with Crippen molar-refractivity contribution in [1.29, 1.82) is 0 Å². The number of aryl methyl sites for hydroxylation is 1. The molecule has 0 bridgehead atoms. The van der Waals surface area contributed by atoms with Crippen LogP contribution in [-0.4, -0.2) is 42.7 Å². The Labute approximate surface area is 136 Å². The summed E-state index contributed by atoms with van der Waals surface area (Å²) in [4.78, 5) is 13.4. The van der Waals surface area contributed by atoms with Crippen LogP contribution in [0.5, 0.6) is 5.75 Å². The molecule has 2 aromatic rings. The highest BCUT2D eigenvalue weighted by Gasteiger charge is 2.49. The smallest absolute Gasteiger partial charge is 0.315 e. The average molecular weight is 311 g/mol. The van der Waals surface area contributed by atoms with E-state index in [4.69, 9.17) is 4.74 Å². The third-order valence-electron chi connectivity index (χ3n) is 4.42. The van der Waals surface area contributed by atoms with Gasteiger partial charge < -0.3 is 14.7 Å². The fourth-order valence-electron chi connectivity index (χ4n) is 3.12. The molecule has 0 spiro atoms. The van der Waals surface area contributed by atoms with Gasteiger partial charge in [-0.05, 0) is 42.8 Å². The van der Waals surface area contributed by atoms with E-state index in [-0.39, 0.29) is 6.61 Å². The Morgan fingerprint density at radius 2 is 1.83 bits per heavy atom. The van der Waals surface area contributed by atoms with Crippen LogP contribution in [0.4, 0.5) is 0 Å². The molecule has 1 aliphatic rings. The van der Waals surface area contributed by atoms with Gasteiger partial charge in [0, 0.05) is 13.1 Å². The number of ether oxygens (including phenoxy) is 1. The van der Waals surface area contributed by atoms with Crippen molar-refractivity contribution in [1.82, 2.24) is 4.90 Å². The van der Waals surface area contributed by atoms with E-state index >= 15 is 0 Å². The summed E-state index contributed by atoms with van der Waals surface area (Å²) in [6.07, 6.45) is 0. The van der Waals surface area contributed by atoms with E-state index in [2.05, 4.69) is 19.1 Å². The second-order valence-electron chi connectivity index (χ2n) is 6.39. The van der Waals surface area contributed by atoms with Gasteiger partial charge in [0.25, 0.3) is 0 Å². The number of nitrogens with zero attached hydrogens (tertiary/aromatic N) is 1. The Balaban J connectivity index is 1.69. The van der Waals surface area contributed by atoms with Crippen molar-refractivity contribution in [3.05, 3.63) is 54.1 Å². The van der Waals surface area contributed by atoms with E-state index < -0.39 is 11.4 Å². The van der Waals surface area contributed by atoms with Crippen molar-refractivity contribution in [2.75, 3.05) is 26.7 Å². The Kier molecular flexibility index (Phi) is 4.09. The number of carboxylic acids is 1. The zero-order valence-corrected chi connectivity index (χ0v) is 13.5. The summed E-state index contributed by atoms with van der Waals surface area (Å²) in [5, 5.41) is 9.40. The molecule has 120 valence electrons. The lowest BCUT2D eigenvalue weighted by Gasteiger charge is -2.44. The summed E-state index contributed by atoms with van der Waals surface area (Å²) < 4.78 is 5.74. The van der Waals surface area contributed by atoms with Gasteiger partial charge in [0.2, 0.25) is 0 Å². The predicted octanol–water partition coefficient (Wildman–Crippen LogP) is 3.06. The lowest BCUT2D eigenvalue weighted by atomic mass is 9.81. The molecule has 1 N–H and O–H groups in total. The van der Waals surface area contributed by atoms with Crippen LogP contribution < -0.4 is 4.74 Å². The molecule has 1 fully saturated rings. The van der Waals surface area contributed by atoms with Crippen LogP contribution in [-0.2, 0) is 4.79 Å². The normalized spacial score (nSPS) is 16.6. The fourth-order valence-corrected chi connectivity index (χ4v) is 3.12. The molecular weight excluding hydrogens is 290 g/mol. The van der Waals surface area contributed by atoms with Gasteiger partial charge in [-0.2, -0.15) is 0 Å². The van der Waals surface area contributed by atoms with Crippen LogP contribution in [0.2, 0.25) is 0 Å². The summed E-state index contributed by atoms with van der Waals surface area (Å²) in [5.74, 6) is -0.0790. The van der Waals surface area contributed by atoms with Crippen molar-refractivity contribution < 1.29 is 14.6 Å². The van der Waals surface area contributed by atoms with Crippen LogP contribution in [0.3, 0.4) is 0 Å². The first-order valence-electron chi connectivity index (χ1n) is 7.71. The first-order valence-corrected chi connectivity index (χ1v) is 7.71. The zero-order valence-electron chi connectivity index (χ0n) is 13.5. The molecule has 1 aliphatic heterocycles. The molecule has 4 nitrogen and oxygen atoms in total. The molecule has 0 saturated carbocycles. The largest absolute Gasteiger partial charge is 0.492 e. The number of rotatable bonds is 5. The van der Waals surface area contributed by atoms with E-state index in [1.54, 1.807) is 0 Å². The van der Waals surface area contributed by atoms with Gasteiger partial charge in [-0.1, -0.05) is 36.4 Å². The highest BCUT2D eigenvalue weighted by atomic mass is 16.5. The van der Waals surface area contributed by atoms with Gasteiger partial charge in [-0.15, -0.1) is 0 Å². The minimum atomic E-state index is -0.785. The Bertz CT molecular complexity index is 703.